The largest absolute Gasteiger partial charge is 0.472 e. The molecule has 3 amide bonds. The third kappa shape index (κ3) is 1.95. The summed E-state index contributed by atoms with van der Waals surface area (Å²) in [4.78, 5) is 36.8. The standard InChI is InChI=1S/C14H16N3O5/c1-9-12(16(20)21)13(18)15(7-10-5-6-22-8-10)14(19)17(9,2)11-3-4-11/h5-6,8,11H,3-4,7H2,1-2H3/q+1. The Balaban J connectivity index is 2.07. The summed E-state index contributed by atoms with van der Waals surface area (Å²) >= 11 is 0. The predicted octanol–water partition coefficient (Wildman–Crippen LogP) is 1.86. The van der Waals surface area contributed by atoms with E-state index >= 15 is 0 Å². The Kier molecular flexibility index (Phi) is 3.13. The fraction of sp³-hybridized carbons (Fsp3) is 0.429. The molecule has 1 aromatic rings. The Labute approximate surface area is 126 Å². The van der Waals surface area contributed by atoms with Crippen LogP contribution in [0.4, 0.5) is 4.79 Å². The number of hydrogen-bond donors (Lipinski definition) is 0. The molecule has 8 heteroatoms. The Morgan fingerprint density at radius 2 is 2.14 bits per heavy atom. The highest BCUT2D eigenvalue weighted by molar-refractivity contribution is 6.03. The maximum Gasteiger partial charge on any atom is 0.431 e. The van der Waals surface area contributed by atoms with Crippen molar-refractivity contribution >= 4 is 11.9 Å². The second-order valence-corrected chi connectivity index (χ2v) is 5.80. The molecule has 0 saturated heterocycles. The van der Waals surface area contributed by atoms with E-state index in [1.807, 2.05) is 0 Å². The number of quaternary nitrogens is 1. The van der Waals surface area contributed by atoms with E-state index in [0.29, 0.717) is 5.56 Å². The highest BCUT2D eigenvalue weighted by Crippen LogP contribution is 2.41. The lowest BCUT2D eigenvalue weighted by Crippen LogP contribution is -2.62. The smallest absolute Gasteiger partial charge is 0.431 e. The molecule has 0 N–H and O–H groups in total. The maximum atomic E-state index is 12.8. The first kappa shape index (κ1) is 14.5. The average Bonchev–Trinajstić information content (AvgIpc) is 3.19. The highest BCUT2D eigenvalue weighted by Gasteiger charge is 2.60. The van der Waals surface area contributed by atoms with Crippen molar-refractivity contribution in [1.82, 2.24) is 4.90 Å². The highest BCUT2D eigenvalue weighted by atomic mass is 16.6. The van der Waals surface area contributed by atoms with E-state index in [9.17, 15) is 19.7 Å². The van der Waals surface area contributed by atoms with E-state index in [2.05, 4.69) is 0 Å². The predicted molar refractivity (Wildman–Crippen MR) is 73.6 cm³/mol. The molecule has 0 spiro atoms. The summed E-state index contributed by atoms with van der Waals surface area (Å²) in [5.41, 5.74) is 0.328. The van der Waals surface area contributed by atoms with Crippen molar-refractivity contribution in [2.45, 2.75) is 32.4 Å². The number of imide groups is 1. The number of furan rings is 1. The first-order chi connectivity index (χ1) is 10.4. The van der Waals surface area contributed by atoms with Crippen LogP contribution in [-0.4, -0.2) is 39.3 Å². The van der Waals surface area contributed by atoms with Gasteiger partial charge in [-0.15, -0.1) is 0 Å². The number of allylic oxidation sites excluding steroid dienone is 1. The Morgan fingerprint density at radius 1 is 1.45 bits per heavy atom. The zero-order valence-electron chi connectivity index (χ0n) is 12.3. The molecule has 2 aliphatic rings. The second kappa shape index (κ2) is 4.77. The lowest BCUT2D eigenvalue weighted by molar-refractivity contribution is -0.810. The third-order valence-electron chi connectivity index (χ3n) is 4.50. The molecule has 1 unspecified atom stereocenters. The van der Waals surface area contributed by atoms with Crippen LogP contribution in [0.1, 0.15) is 25.3 Å². The van der Waals surface area contributed by atoms with Crippen molar-refractivity contribution < 1.29 is 23.4 Å². The van der Waals surface area contributed by atoms with Gasteiger partial charge < -0.3 is 4.42 Å². The van der Waals surface area contributed by atoms with E-state index in [1.54, 1.807) is 13.1 Å². The number of nitrogens with zero attached hydrogens (tertiary/aromatic N) is 3. The molecule has 0 radical (unpaired) electrons. The molecule has 2 heterocycles. The molecule has 22 heavy (non-hydrogen) atoms. The summed E-state index contributed by atoms with van der Waals surface area (Å²) in [5.74, 6) is -0.857. The molecule has 1 saturated carbocycles. The van der Waals surface area contributed by atoms with Gasteiger partial charge in [0.1, 0.15) is 6.04 Å². The summed E-state index contributed by atoms with van der Waals surface area (Å²) in [6.45, 7) is 1.47. The van der Waals surface area contributed by atoms with Crippen LogP contribution in [0.15, 0.2) is 34.4 Å². The Bertz CT molecular complexity index is 689. The molecule has 116 valence electrons. The van der Waals surface area contributed by atoms with Gasteiger partial charge in [0, 0.05) is 25.3 Å². The topological polar surface area (TPSA) is 93.7 Å². The van der Waals surface area contributed by atoms with Gasteiger partial charge in [0.2, 0.25) is 0 Å². The first-order valence-corrected chi connectivity index (χ1v) is 6.97. The van der Waals surface area contributed by atoms with Crippen LogP contribution in [-0.2, 0) is 11.3 Å². The fourth-order valence-electron chi connectivity index (χ4n) is 2.92. The summed E-state index contributed by atoms with van der Waals surface area (Å²) in [7, 11) is 1.65. The molecule has 1 atom stereocenters. The number of carbonyl (C=O) groups excluding carboxylic acids is 2. The third-order valence-corrected chi connectivity index (χ3v) is 4.50. The summed E-state index contributed by atoms with van der Waals surface area (Å²) in [6, 6.07) is 1.21. The van der Waals surface area contributed by atoms with Crippen molar-refractivity contribution in [2.75, 3.05) is 7.05 Å². The summed E-state index contributed by atoms with van der Waals surface area (Å²) in [6.07, 6.45) is 4.48. The van der Waals surface area contributed by atoms with E-state index in [1.165, 1.54) is 19.5 Å². The number of rotatable bonds is 4. The normalized spacial score (nSPS) is 25.8. The molecule has 8 nitrogen and oxygen atoms in total. The van der Waals surface area contributed by atoms with Crippen molar-refractivity contribution in [3.05, 3.63) is 45.7 Å². The summed E-state index contributed by atoms with van der Waals surface area (Å²) in [5, 5.41) is 11.3. The fourth-order valence-corrected chi connectivity index (χ4v) is 2.92. The molecule has 0 bridgehead atoms. The van der Waals surface area contributed by atoms with Crippen LogP contribution >= 0.6 is 0 Å². The minimum atomic E-state index is -0.857. The average molecular weight is 306 g/mol. The van der Waals surface area contributed by atoms with Crippen molar-refractivity contribution in [2.24, 2.45) is 0 Å². The van der Waals surface area contributed by atoms with Gasteiger partial charge in [-0.05, 0) is 6.07 Å². The monoisotopic (exact) mass is 306 g/mol. The Morgan fingerprint density at radius 3 is 2.64 bits per heavy atom. The molecule has 0 aromatic carbocycles. The van der Waals surface area contributed by atoms with Gasteiger partial charge in [0.15, 0.2) is 5.70 Å². The van der Waals surface area contributed by atoms with Crippen LogP contribution in [0.2, 0.25) is 0 Å². The van der Waals surface area contributed by atoms with Crippen LogP contribution in [0.3, 0.4) is 0 Å². The van der Waals surface area contributed by atoms with E-state index in [-0.39, 0.29) is 22.8 Å². The molecule has 1 aliphatic heterocycles. The SMILES string of the molecule is CC1=C([N+](=O)[O-])C(=O)N(Cc2ccoc2)C(=O)[N+]1(C)C1CC1. The van der Waals surface area contributed by atoms with Gasteiger partial charge in [0.25, 0.3) is 0 Å². The lowest BCUT2D eigenvalue weighted by Gasteiger charge is -2.37. The van der Waals surface area contributed by atoms with Gasteiger partial charge in [-0.3, -0.25) is 14.9 Å². The van der Waals surface area contributed by atoms with Gasteiger partial charge in [-0.2, -0.15) is 0 Å². The quantitative estimate of drug-likeness (QED) is 0.481. The Hall–Kier alpha value is -2.48. The van der Waals surface area contributed by atoms with Crippen LogP contribution in [0, 0.1) is 10.1 Å². The zero-order valence-corrected chi connectivity index (χ0v) is 12.3. The van der Waals surface area contributed by atoms with Crippen molar-refractivity contribution in [3.63, 3.8) is 0 Å². The molecule has 3 rings (SSSR count). The van der Waals surface area contributed by atoms with Crippen LogP contribution < -0.4 is 0 Å². The molecule has 1 fully saturated rings. The van der Waals surface area contributed by atoms with E-state index < -0.39 is 22.6 Å². The number of urea groups is 1. The van der Waals surface area contributed by atoms with Crippen LogP contribution in [0.25, 0.3) is 0 Å². The first-order valence-electron chi connectivity index (χ1n) is 6.97. The molecular weight excluding hydrogens is 290 g/mol. The van der Waals surface area contributed by atoms with E-state index in [4.69, 9.17) is 4.42 Å². The number of carbonyl (C=O) groups is 2. The number of amides is 3. The minimum Gasteiger partial charge on any atom is -0.472 e. The molecule has 1 aliphatic carbocycles. The van der Waals surface area contributed by atoms with Gasteiger partial charge in [-0.1, -0.05) is 0 Å². The number of hydrogen-bond acceptors (Lipinski definition) is 5. The maximum absolute atomic E-state index is 12.8. The van der Waals surface area contributed by atoms with Crippen molar-refractivity contribution in [1.29, 1.82) is 0 Å². The van der Waals surface area contributed by atoms with Crippen LogP contribution in [0.5, 0.6) is 0 Å². The number of nitro groups is 1. The second-order valence-electron chi connectivity index (χ2n) is 5.80. The van der Waals surface area contributed by atoms with Gasteiger partial charge >= 0.3 is 17.6 Å². The summed E-state index contributed by atoms with van der Waals surface area (Å²) < 4.78 is 4.74. The molecule has 1 aromatic heterocycles. The lowest BCUT2D eigenvalue weighted by atomic mass is 10.1. The van der Waals surface area contributed by atoms with Crippen molar-refractivity contribution in [3.8, 4) is 0 Å². The van der Waals surface area contributed by atoms with Gasteiger partial charge in [-0.25, -0.2) is 14.2 Å². The van der Waals surface area contributed by atoms with E-state index in [0.717, 1.165) is 17.7 Å². The minimum absolute atomic E-state index is 0.00222. The van der Waals surface area contributed by atoms with Gasteiger partial charge in [0.05, 0.1) is 31.0 Å². The molecular formula is C14H16N3O5+. The zero-order chi connectivity index (χ0) is 16.1.